The van der Waals surface area contributed by atoms with Crippen LogP contribution in [0, 0.1) is 13.0 Å². The van der Waals surface area contributed by atoms with Crippen molar-refractivity contribution in [3.63, 3.8) is 0 Å². The molecule has 2 aromatic rings. The summed E-state index contributed by atoms with van der Waals surface area (Å²) in [5.74, 6) is 0. The zero-order valence-corrected chi connectivity index (χ0v) is 8.33. The topological polar surface area (TPSA) is 0 Å². The van der Waals surface area contributed by atoms with E-state index in [4.69, 9.17) is 0 Å². The quantitative estimate of drug-likeness (QED) is 0.496. The van der Waals surface area contributed by atoms with E-state index in [9.17, 15) is 0 Å². The Hall–Kier alpha value is -0.638. The molecule has 0 nitrogen and oxygen atoms in total. The summed E-state index contributed by atoms with van der Waals surface area (Å²) >= 11 is 0. The Morgan fingerprint density at radius 3 is 2.58 bits per heavy atom. The fourth-order valence-electron chi connectivity index (χ4n) is 1.23. The third-order valence-electron chi connectivity index (χ3n) is 1.81. The van der Waals surface area contributed by atoms with Gasteiger partial charge in [0.05, 0.1) is 0 Å². The molecule has 0 spiro atoms. The molecule has 2 aromatic carbocycles. The molecule has 0 heterocycles. The molecule has 0 unspecified atom stereocenters. The van der Waals surface area contributed by atoms with Gasteiger partial charge in [-0.3, -0.25) is 0 Å². The fraction of sp³-hybridized carbons (Fsp3) is 0.0909. The van der Waals surface area contributed by atoms with Crippen LogP contribution in [0.1, 0.15) is 5.56 Å². The number of hydrogen-bond acceptors (Lipinski definition) is 0. The summed E-state index contributed by atoms with van der Waals surface area (Å²) in [5, 5.41) is 2.46. The van der Waals surface area contributed by atoms with Crippen LogP contribution >= 0.6 is 0 Å². The first-order chi connectivity index (χ1) is 5.36. The van der Waals surface area contributed by atoms with Crippen molar-refractivity contribution >= 4 is 10.8 Å². The maximum atomic E-state index is 3.29. The maximum Gasteiger partial charge on any atom is 0 e. The van der Waals surface area contributed by atoms with Crippen LogP contribution in [0.25, 0.3) is 10.8 Å². The van der Waals surface area contributed by atoms with Gasteiger partial charge in [-0.2, -0.15) is 0 Å². The Labute approximate surface area is 86.3 Å². The van der Waals surface area contributed by atoms with Crippen LogP contribution in [0.3, 0.4) is 0 Å². The van der Waals surface area contributed by atoms with E-state index in [1.807, 2.05) is 12.1 Å². The minimum absolute atomic E-state index is 0. The van der Waals surface area contributed by atoms with Crippen LogP contribution in [0.5, 0.6) is 0 Å². The Kier molecular flexibility index (Phi) is 3.03. The van der Waals surface area contributed by atoms with E-state index < -0.39 is 0 Å². The number of fused-ring (bicyclic) bond motifs is 1. The molecule has 0 saturated carbocycles. The van der Waals surface area contributed by atoms with Gasteiger partial charge in [0, 0.05) is 20.4 Å². The smallest absolute Gasteiger partial charge is 0 e. The first kappa shape index (κ1) is 9.45. The molecule has 0 aliphatic heterocycles. The summed E-state index contributed by atoms with van der Waals surface area (Å²) in [4.78, 5) is 0. The Morgan fingerprint density at radius 2 is 1.75 bits per heavy atom. The van der Waals surface area contributed by atoms with Gasteiger partial charge in [-0.25, -0.2) is 0 Å². The number of benzene rings is 2. The van der Waals surface area contributed by atoms with Crippen molar-refractivity contribution in [3.05, 3.63) is 48.0 Å². The zero-order valence-electron chi connectivity index (χ0n) is 6.78. The molecule has 0 aromatic heterocycles. The number of rotatable bonds is 0. The van der Waals surface area contributed by atoms with Gasteiger partial charge in [0.2, 0.25) is 0 Å². The monoisotopic (exact) mass is 247 g/mol. The summed E-state index contributed by atoms with van der Waals surface area (Å²) < 4.78 is 0. The van der Waals surface area contributed by atoms with Crippen molar-refractivity contribution in [1.29, 1.82) is 0 Å². The van der Waals surface area contributed by atoms with Crippen LogP contribution in [0.4, 0.5) is 0 Å². The molecule has 0 atom stereocenters. The second-order valence-corrected chi connectivity index (χ2v) is 2.73. The first-order valence-electron chi connectivity index (χ1n) is 3.74. The fourth-order valence-corrected chi connectivity index (χ4v) is 1.23. The summed E-state index contributed by atoms with van der Waals surface area (Å²) in [6, 6.07) is 15.8. The van der Waals surface area contributed by atoms with Gasteiger partial charge in [-0.05, 0) is 0 Å². The average molecular weight is 248 g/mol. The van der Waals surface area contributed by atoms with Crippen molar-refractivity contribution in [3.8, 4) is 0 Å². The van der Waals surface area contributed by atoms with Crippen molar-refractivity contribution < 1.29 is 20.4 Å². The molecule has 0 fully saturated rings. The van der Waals surface area contributed by atoms with Crippen LogP contribution in [-0.2, 0) is 20.4 Å². The van der Waals surface area contributed by atoms with E-state index in [1.54, 1.807) is 0 Å². The van der Waals surface area contributed by atoms with Gasteiger partial charge in [0.15, 0.2) is 0 Å². The molecular formula is C11H9Pd-. The second kappa shape index (κ2) is 3.85. The largest absolute Gasteiger partial charge is 0.143 e. The molecule has 1 heteroatoms. The summed E-state index contributed by atoms with van der Waals surface area (Å²) in [6.07, 6.45) is 0. The van der Waals surface area contributed by atoms with E-state index in [0.29, 0.717) is 0 Å². The van der Waals surface area contributed by atoms with E-state index in [2.05, 4.69) is 37.3 Å². The average Bonchev–Trinajstić information content (AvgIpc) is 2.04. The molecule has 0 saturated heterocycles. The molecule has 12 heavy (non-hydrogen) atoms. The third kappa shape index (κ3) is 1.75. The number of hydrogen-bond donors (Lipinski definition) is 0. The molecule has 2 rings (SSSR count). The molecule has 64 valence electrons. The standard InChI is InChI=1S/C11H9.Pd/c1-9-6-7-10-4-2-3-5-11(10)8-9;/h2-7H,1H3;/q-1;. The Morgan fingerprint density at radius 1 is 1.00 bits per heavy atom. The van der Waals surface area contributed by atoms with Crippen molar-refractivity contribution in [2.24, 2.45) is 0 Å². The van der Waals surface area contributed by atoms with E-state index in [0.717, 1.165) is 0 Å². The molecule has 0 radical (unpaired) electrons. The van der Waals surface area contributed by atoms with Crippen molar-refractivity contribution in [2.75, 3.05) is 0 Å². The summed E-state index contributed by atoms with van der Waals surface area (Å²) in [5.41, 5.74) is 1.20. The van der Waals surface area contributed by atoms with Gasteiger partial charge in [-0.15, -0.1) is 46.7 Å². The first-order valence-corrected chi connectivity index (χ1v) is 3.74. The SMILES string of the molecule is Cc1[c-]c2ccccc2cc1.[Pd]. The van der Waals surface area contributed by atoms with Gasteiger partial charge < -0.3 is 0 Å². The van der Waals surface area contributed by atoms with Gasteiger partial charge >= 0.3 is 0 Å². The van der Waals surface area contributed by atoms with Crippen LogP contribution in [0.15, 0.2) is 36.4 Å². The normalized spacial score (nSPS) is 9.42. The predicted octanol–water partition coefficient (Wildman–Crippen LogP) is 2.95. The molecule has 0 amide bonds. The van der Waals surface area contributed by atoms with Gasteiger partial charge in [0.1, 0.15) is 0 Å². The molecule has 0 aliphatic carbocycles. The maximum absolute atomic E-state index is 3.29. The predicted molar refractivity (Wildman–Crippen MR) is 47.5 cm³/mol. The van der Waals surface area contributed by atoms with E-state index in [1.165, 1.54) is 16.3 Å². The molecule has 0 N–H and O–H groups in total. The summed E-state index contributed by atoms with van der Waals surface area (Å²) in [7, 11) is 0. The second-order valence-electron chi connectivity index (χ2n) is 2.73. The Balaban J connectivity index is 0.000000720. The van der Waals surface area contributed by atoms with E-state index >= 15 is 0 Å². The van der Waals surface area contributed by atoms with Crippen molar-refractivity contribution in [1.82, 2.24) is 0 Å². The van der Waals surface area contributed by atoms with Crippen LogP contribution in [0.2, 0.25) is 0 Å². The summed E-state index contributed by atoms with van der Waals surface area (Å²) in [6.45, 7) is 2.06. The molecule has 0 aliphatic rings. The Bertz CT molecular complexity index is 379. The van der Waals surface area contributed by atoms with Crippen LogP contribution < -0.4 is 0 Å². The third-order valence-corrected chi connectivity index (χ3v) is 1.81. The van der Waals surface area contributed by atoms with Crippen molar-refractivity contribution in [2.45, 2.75) is 6.92 Å². The number of aryl methyl sites for hydroxylation is 1. The van der Waals surface area contributed by atoms with Crippen LogP contribution in [-0.4, -0.2) is 0 Å². The van der Waals surface area contributed by atoms with Gasteiger partial charge in [-0.1, -0.05) is 19.1 Å². The van der Waals surface area contributed by atoms with E-state index in [-0.39, 0.29) is 20.4 Å². The van der Waals surface area contributed by atoms with Gasteiger partial charge in [0.25, 0.3) is 0 Å². The minimum atomic E-state index is 0. The molecule has 0 bridgehead atoms. The minimum Gasteiger partial charge on any atom is -0.143 e. The molecular weight excluding hydrogens is 239 g/mol. The zero-order chi connectivity index (χ0) is 7.68.